The third kappa shape index (κ3) is 3.61. The summed E-state index contributed by atoms with van der Waals surface area (Å²) in [6.07, 6.45) is 0. The van der Waals surface area contributed by atoms with E-state index in [0.29, 0.717) is 5.75 Å². The van der Waals surface area contributed by atoms with Crippen LogP contribution in [0.15, 0.2) is 78.9 Å². The number of Topliss-reactive ketones (excluding diaryl/α,β-unsaturated/α-hetero) is 1. The average molecular weight is 409 g/mol. The highest BCUT2D eigenvalue weighted by molar-refractivity contribution is 6.07. The number of para-hydroxylation sites is 1. The van der Waals surface area contributed by atoms with Crippen LogP contribution >= 0.6 is 0 Å². The number of hydrogen-bond donors (Lipinski definition) is 1. The number of H-pyrrole nitrogens is 1. The maximum atomic E-state index is 12.9. The van der Waals surface area contributed by atoms with Gasteiger partial charge in [-0.2, -0.15) is 0 Å². The Morgan fingerprint density at radius 1 is 0.871 bits per heavy atom. The van der Waals surface area contributed by atoms with E-state index in [4.69, 9.17) is 4.74 Å². The van der Waals surface area contributed by atoms with Gasteiger partial charge in [-0.1, -0.05) is 48.5 Å². The monoisotopic (exact) mass is 408 g/mol. The molecule has 0 saturated carbocycles. The number of nitrogens with zero attached hydrogens (tertiary/aromatic N) is 1. The van der Waals surface area contributed by atoms with E-state index in [1.54, 1.807) is 0 Å². The average Bonchev–Trinajstić information content (AvgIpc) is 3.30. The van der Waals surface area contributed by atoms with Crippen molar-refractivity contribution in [2.24, 2.45) is 0 Å². The number of aryl methyl sites for hydroxylation is 1. The van der Waals surface area contributed by atoms with Gasteiger partial charge < -0.3 is 14.3 Å². The maximum absolute atomic E-state index is 12.9. The van der Waals surface area contributed by atoms with Gasteiger partial charge in [0.1, 0.15) is 5.75 Å². The van der Waals surface area contributed by atoms with Crippen LogP contribution in [0.3, 0.4) is 0 Å². The van der Waals surface area contributed by atoms with Crippen molar-refractivity contribution in [2.45, 2.75) is 20.4 Å². The van der Waals surface area contributed by atoms with Crippen LogP contribution in [0.1, 0.15) is 27.3 Å². The first-order valence-corrected chi connectivity index (χ1v) is 10.5. The van der Waals surface area contributed by atoms with E-state index < -0.39 is 0 Å². The molecule has 0 fully saturated rings. The van der Waals surface area contributed by atoms with Gasteiger partial charge in [-0.25, -0.2) is 0 Å². The Labute approximate surface area is 181 Å². The van der Waals surface area contributed by atoms with Gasteiger partial charge in [0.25, 0.3) is 0 Å². The molecule has 3 aromatic carbocycles. The van der Waals surface area contributed by atoms with Crippen LogP contribution in [-0.2, 0) is 6.54 Å². The Bertz CT molecular complexity index is 1390. The summed E-state index contributed by atoms with van der Waals surface area (Å²) in [5.74, 6) is 0.676. The number of carbonyl (C=O) groups is 1. The third-order valence-corrected chi connectivity index (χ3v) is 5.91. The normalized spacial score (nSPS) is 11.3. The largest absolute Gasteiger partial charge is 0.485 e. The predicted molar refractivity (Wildman–Crippen MR) is 125 cm³/mol. The summed E-state index contributed by atoms with van der Waals surface area (Å²) in [4.78, 5) is 16.3. The Morgan fingerprint density at radius 3 is 2.45 bits per heavy atom. The van der Waals surface area contributed by atoms with Crippen molar-refractivity contribution in [1.29, 1.82) is 0 Å². The molecule has 0 amide bonds. The Morgan fingerprint density at radius 2 is 1.61 bits per heavy atom. The lowest BCUT2D eigenvalue weighted by Gasteiger charge is -2.10. The maximum Gasteiger partial charge on any atom is 0.202 e. The van der Waals surface area contributed by atoms with E-state index in [0.717, 1.165) is 39.9 Å². The zero-order chi connectivity index (χ0) is 21.4. The van der Waals surface area contributed by atoms with Gasteiger partial charge in [0.2, 0.25) is 5.78 Å². The summed E-state index contributed by atoms with van der Waals surface area (Å²) in [5, 5.41) is 2.34. The molecule has 0 aliphatic carbocycles. The fraction of sp³-hybridized carbons (Fsp3) is 0.148. The number of rotatable bonds is 6. The zero-order valence-electron chi connectivity index (χ0n) is 17.7. The number of fused-ring (bicyclic) bond motifs is 3. The Kier molecular flexibility index (Phi) is 4.83. The van der Waals surface area contributed by atoms with Crippen LogP contribution in [-0.4, -0.2) is 21.9 Å². The quantitative estimate of drug-likeness (QED) is 0.348. The molecule has 2 aromatic heterocycles. The highest BCUT2D eigenvalue weighted by Crippen LogP contribution is 2.28. The second-order valence-corrected chi connectivity index (χ2v) is 7.95. The molecule has 0 spiro atoms. The van der Waals surface area contributed by atoms with Crippen LogP contribution in [0.4, 0.5) is 0 Å². The molecule has 0 unspecified atom stereocenters. The number of hydrogen-bond acceptors (Lipinski definition) is 2. The van der Waals surface area contributed by atoms with Gasteiger partial charge in [0.05, 0.1) is 5.52 Å². The molecule has 4 heteroatoms. The highest BCUT2D eigenvalue weighted by Gasteiger charge is 2.17. The summed E-state index contributed by atoms with van der Waals surface area (Å²) in [7, 11) is 0. The minimum Gasteiger partial charge on any atom is -0.485 e. The first-order valence-electron chi connectivity index (χ1n) is 10.5. The number of aromatic amines is 1. The van der Waals surface area contributed by atoms with Gasteiger partial charge in [-0.05, 0) is 43.7 Å². The molecule has 0 aliphatic rings. The van der Waals surface area contributed by atoms with Crippen LogP contribution in [0.2, 0.25) is 0 Å². The van der Waals surface area contributed by atoms with Crippen molar-refractivity contribution in [3.63, 3.8) is 0 Å². The van der Waals surface area contributed by atoms with Gasteiger partial charge >= 0.3 is 0 Å². The minimum atomic E-state index is -0.0100. The lowest BCUT2D eigenvalue weighted by atomic mass is 10.1. The molecule has 5 rings (SSSR count). The number of ether oxygens (including phenoxy) is 1. The van der Waals surface area contributed by atoms with Crippen LogP contribution in [0, 0.1) is 13.8 Å². The summed E-state index contributed by atoms with van der Waals surface area (Å²) >= 11 is 0. The second kappa shape index (κ2) is 7.80. The van der Waals surface area contributed by atoms with E-state index in [1.807, 2.05) is 68.4 Å². The molecular weight excluding hydrogens is 384 g/mol. The summed E-state index contributed by atoms with van der Waals surface area (Å²) in [6, 6.07) is 26.4. The molecule has 0 radical (unpaired) electrons. The van der Waals surface area contributed by atoms with Crippen molar-refractivity contribution in [3.05, 3.63) is 101 Å². The number of benzene rings is 3. The minimum absolute atomic E-state index is 0.0100. The van der Waals surface area contributed by atoms with E-state index in [2.05, 4.69) is 33.8 Å². The molecular formula is C27H24N2O2. The number of carbonyl (C=O) groups excluding carboxylic acids is 1. The van der Waals surface area contributed by atoms with E-state index in [-0.39, 0.29) is 12.4 Å². The SMILES string of the molecule is Cc1cc(C(=O)COc2ccc3c(c2)[nH]c2ccccc23)c(C)n1Cc1ccccc1. The molecule has 31 heavy (non-hydrogen) atoms. The second-order valence-electron chi connectivity index (χ2n) is 7.95. The van der Waals surface area contributed by atoms with E-state index in [1.165, 1.54) is 10.9 Å². The fourth-order valence-corrected chi connectivity index (χ4v) is 4.24. The number of aromatic nitrogens is 2. The van der Waals surface area contributed by atoms with Crippen molar-refractivity contribution in [2.75, 3.05) is 6.61 Å². The van der Waals surface area contributed by atoms with Crippen LogP contribution in [0.25, 0.3) is 21.8 Å². The Hall–Kier alpha value is -3.79. The van der Waals surface area contributed by atoms with Crippen molar-refractivity contribution >= 4 is 27.6 Å². The van der Waals surface area contributed by atoms with Gasteiger partial charge in [-0.3, -0.25) is 4.79 Å². The molecule has 0 atom stereocenters. The zero-order valence-corrected chi connectivity index (χ0v) is 17.7. The van der Waals surface area contributed by atoms with Crippen molar-refractivity contribution in [3.8, 4) is 5.75 Å². The molecule has 0 aliphatic heterocycles. The van der Waals surface area contributed by atoms with Crippen molar-refractivity contribution < 1.29 is 9.53 Å². The fourth-order valence-electron chi connectivity index (χ4n) is 4.24. The molecule has 1 N–H and O–H groups in total. The van der Waals surface area contributed by atoms with E-state index in [9.17, 15) is 4.79 Å². The molecule has 2 heterocycles. The van der Waals surface area contributed by atoms with Crippen LogP contribution in [0.5, 0.6) is 5.75 Å². The summed E-state index contributed by atoms with van der Waals surface area (Å²) < 4.78 is 8.05. The molecule has 4 nitrogen and oxygen atoms in total. The number of ketones is 1. The number of nitrogens with one attached hydrogen (secondary N) is 1. The topological polar surface area (TPSA) is 47.0 Å². The van der Waals surface area contributed by atoms with Gasteiger partial charge in [0, 0.05) is 45.9 Å². The standard InChI is InChI=1S/C27H24N2O2/c1-18-14-24(19(2)29(18)16-20-8-4-3-5-9-20)27(30)17-31-21-12-13-23-22-10-6-7-11-25(22)28-26(23)15-21/h3-15,28H,16-17H2,1-2H3. The lowest BCUT2D eigenvalue weighted by Crippen LogP contribution is -2.13. The first kappa shape index (κ1) is 19.2. The lowest BCUT2D eigenvalue weighted by molar-refractivity contribution is 0.0921. The first-order chi connectivity index (χ1) is 15.1. The molecule has 154 valence electrons. The van der Waals surface area contributed by atoms with Gasteiger partial charge in [0.15, 0.2) is 6.61 Å². The summed E-state index contributed by atoms with van der Waals surface area (Å²) in [5.41, 5.74) is 6.08. The smallest absolute Gasteiger partial charge is 0.202 e. The predicted octanol–water partition coefficient (Wildman–Crippen LogP) is 6.05. The molecule has 0 bridgehead atoms. The molecule has 5 aromatic rings. The van der Waals surface area contributed by atoms with Crippen molar-refractivity contribution in [1.82, 2.24) is 9.55 Å². The summed E-state index contributed by atoms with van der Waals surface area (Å²) in [6.45, 7) is 4.81. The third-order valence-electron chi connectivity index (χ3n) is 5.91. The van der Waals surface area contributed by atoms with Crippen LogP contribution < -0.4 is 4.74 Å². The highest BCUT2D eigenvalue weighted by atomic mass is 16.5. The van der Waals surface area contributed by atoms with E-state index >= 15 is 0 Å². The van der Waals surface area contributed by atoms with Gasteiger partial charge in [-0.15, -0.1) is 0 Å². The molecule has 0 saturated heterocycles. The Balaban J connectivity index is 1.33.